The zero-order valence-corrected chi connectivity index (χ0v) is 19.2. The smallest absolute Gasteiger partial charge is 0.253 e. The molecule has 2 aromatic carbocycles. The van der Waals surface area contributed by atoms with E-state index in [1.807, 2.05) is 9.80 Å². The number of hydrogen-bond acceptors (Lipinski definition) is 6. The molecule has 0 spiro atoms. The van der Waals surface area contributed by atoms with Crippen LogP contribution < -0.4 is 15.2 Å². The van der Waals surface area contributed by atoms with Gasteiger partial charge in [-0.2, -0.15) is 0 Å². The lowest BCUT2D eigenvalue weighted by molar-refractivity contribution is 0.0652. The van der Waals surface area contributed by atoms with Gasteiger partial charge in [-0.15, -0.1) is 0 Å². The Hall–Kier alpha value is -3.46. The van der Waals surface area contributed by atoms with Gasteiger partial charge >= 0.3 is 0 Å². The molecule has 6 rings (SSSR count). The van der Waals surface area contributed by atoms with E-state index in [1.54, 1.807) is 17.0 Å². The number of hydrogen-bond donors (Lipinski definition) is 0. The third kappa shape index (κ3) is 3.93. The molecule has 3 aliphatic heterocycles. The summed E-state index contributed by atoms with van der Waals surface area (Å²) >= 11 is 0. The van der Waals surface area contributed by atoms with Gasteiger partial charge in [0.1, 0.15) is 17.2 Å². The number of anilines is 2. The van der Waals surface area contributed by atoms with Crippen LogP contribution >= 0.6 is 0 Å². The number of morpholine rings is 1. The maximum Gasteiger partial charge on any atom is 0.253 e. The second kappa shape index (κ2) is 8.64. The highest BCUT2D eigenvalue weighted by Crippen LogP contribution is 2.34. The summed E-state index contributed by atoms with van der Waals surface area (Å²) in [6.45, 7) is 4.42. The second-order valence-corrected chi connectivity index (χ2v) is 9.26. The number of fused-ring (bicyclic) bond motifs is 2. The SMILES string of the molecule is O=C(c1cc(CN2CCc3c(F)cc(F)cc32)c2oc(N3CCOCC3)cc(=O)c2c1)N1CCC1. The average molecular weight is 481 g/mol. The molecule has 4 heterocycles. The van der Waals surface area contributed by atoms with Crippen LogP contribution in [0.4, 0.5) is 20.4 Å². The van der Waals surface area contributed by atoms with Gasteiger partial charge in [-0.25, -0.2) is 8.78 Å². The van der Waals surface area contributed by atoms with Crippen LogP contribution in [0.25, 0.3) is 11.0 Å². The Balaban J connectivity index is 1.46. The molecule has 1 amide bonds. The normalized spacial score (nSPS) is 17.6. The number of halogens is 2. The van der Waals surface area contributed by atoms with E-state index in [2.05, 4.69) is 0 Å². The number of rotatable bonds is 4. The van der Waals surface area contributed by atoms with Crippen molar-refractivity contribution in [1.82, 2.24) is 4.90 Å². The minimum absolute atomic E-state index is 0.130. The molecule has 0 aliphatic carbocycles. The average Bonchev–Trinajstić information content (AvgIpc) is 3.21. The van der Waals surface area contributed by atoms with E-state index < -0.39 is 11.6 Å². The summed E-state index contributed by atoms with van der Waals surface area (Å²) in [4.78, 5) is 31.8. The lowest BCUT2D eigenvalue weighted by Crippen LogP contribution is -2.42. The fraction of sp³-hybridized carbons (Fsp3) is 0.385. The number of carbonyl (C=O) groups is 1. The Morgan fingerprint density at radius 2 is 1.77 bits per heavy atom. The minimum Gasteiger partial charge on any atom is -0.440 e. The molecule has 3 aliphatic rings. The number of carbonyl (C=O) groups excluding carboxylic acids is 1. The Labute approximate surface area is 200 Å². The Kier molecular flexibility index (Phi) is 5.44. The highest BCUT2D eigenvalue weighted by Gasteiger charge is 2.27. The second-order valence-electron chi connectivity index (χ2n) is 9.26. The van der Waals surface area contributed by atoms with E-state index in [9.17, 15) is 18.4 Å². The van der Waals surface area contributed by atoms with Crippen LogP contribution in [0.2, 0.25) is 0 Å². The summed E-state index contributed by atoms with van der Waals surface area (Å²) < 4.78 is 40.0. The summed E-state index contributed by atoms with van der Waals surface area (Å²) in [5.41, 5.74) is 2.18. The Bertz CT molecular complexity index is 1380. The van der Waals surface area contributed by atoms with E-state index in [0.717, 1.165) is 12.5 Å². The molecule has 35 heavy (non-hydrogen) atoms. The molecule has 0 N–H and O–H groups in total. The minimum atomic E-state index is -0.638. The van der Waals surface area contributed by atoms with Crippen LogP contribution in [-0.4, -0.2) is 56.7 Å². The van der Waals surface area contributed by atoms with Gasteiger partial charge in [0.2, 0.25) is 0 Å². The number of amides is 1. The first-order chi connectivity index (χ1) is 17.0. The summed E-state index contributed by atoms with van der Waals surface area (Å²) in [6.07, 6.45) is 1.41. The van der Waals surface area contributed by atoms with E-state index in [-0.39, 0.29) is 17.9 Å². The molecule has 3 aromatic rings. The molecule has 0 unspecified atom stereocenters. The molecule has 0 radical (unpaired) electrons. The monoisotopic (exact) mass is 481 g/mol. The third-order valence-corrected chi connectivity index (χ3v) is 7.08. The van der Waals surface area contributed by atoms with Crippen molar-refractivity contribution in [2.45, 2.75) is 19.4 Å². The van der Waals surface area contributed by atoms with Gasteiger partial charge in [0.25, 0.3) is 5.91 Å². The highest BCUT2D eigenvalue weighted by molar-refractivity contribution is 5.99. The van der Waals surface area contributed by atoms with E-state index in [1.165, 1.54) is 12.1 Å². The largest absolute Gasteiger partial charge is 0.440 e. The van der Waals surface area contributed by atoms with Crippen LogP contribution in [0.5, 0.6) is 0 Å². The molecular formula is C26H25F2N3O4. The highest BCUT2D eigenvalue weighted by atomic mass is 19.1. The van der Waals surface area contributed by atoms with Crippen LogP contribution in [-0.2, 0) is 17.7 Å². The van der Waals surface area contributed by atoms with Crippen molar-refractivity contribution in [3.8, 4) is 0 Å². The van der Waals surface area contributed by atoms with Crippen molar-refractivity contribution >= 4 is 28.4 Å². The van der Waals surface area contributed by atoms with Gasteiger partial charge in [0.15, 0.2) is 11.3 Å². The molecule has 2 saturated heterocycles. The number of nitrogens with zero attached hydrogens (tertiary/aromatic N) is 3. The van der Waals surface area contributed by atoms with Crippen molar-refractivity contribution in [3.05, 3.63) is 68.9 Å². The topological polar surface area (TPSA) is 66.2 Å². The number of benzene rings is 2. The van der Waals surface area contributed by atoms with Crippen LogP contribution in [0.15, 0.2) is 39.5 Å². The zero-order chi connectivity index (χ0) is 24.1. The maximum atomic E-state index is 14.3. The molecule has 9 heteroatoms. The summed E-state index contributed by atoms with van der Waals surface area (Å²) in [5.74, 6) is -0.876. The van der Waals surface area contributed by atoms with Gasteiger partial charge < -0.3 is 23.9 Å². The summed E-state index contributed by atoms with van der Waals surface area (Å²) in [6, 6.07) is 7.05. The van der Waals surface area contributed by atoms with Crippen LogP contribution in [0.1, 0.15) is 27.9 Å². The summed E-state index contributed by atoms with van der Waals surface area (Å²) in [5, 5.41) is 0.327. The van der Waals surface area contributed by atoms with Gasteiger partial charge in [0, 0.05) is 73.8 Å². The number of likely N-dealkylation sites (tertiary alicyclic amines) is 1. The van der Waals surface area contributed by atoms with E-state index >= 15 is 0 Å². The van der Waals surface area contributed by atoms with Gasteiger partial charge in [-0.05, 0) is 31.0 Å². The van der Waals surface area contributed by atoms with E-state index in [4.69, 9.17) is 9.15 Å². The van der Waals surface area contributed by atoms with Crippen LogP contribution in [0.3, 0.4) is 0 Å². The quantitative estimate of drug-likeness (QED) is 0.570. The Morgan fingerprint density at radius 3 is 2.51 bits per heavy atom. The maximum absolute atomic E-state index is 14.3. The van der Waals surface area contributed by atoms with E-state index in [0.29, 0.717) is 91.6 Å². The lowest BCUT2D eigenvalue weighted by Gasteiger charge is -2.31. The first-order valence-electron chi connectivity index (χ1n) is 11.9. The fourth-order valence-corrected chi connectivity index (χ4v) is 5.06. The first kappa shape index (κ1) is 22.0. The molecule has 182 valence electrons. The van der Waals surface area contributed by atoms with Crippen LogP contribution in [0, 0.1) is 11.6 Å². The standard InChI is InChI=1S/C26H25F2N3O4/c27-18-12-21(28)19-2-5-31(22(19)13-18)15-17-10-16(26(33)30-3-1-4-30)11-20-23(32)14-24(35-25(17)20)29-6-8-34-9-7-29/h10-14H,1-9,15H2. The molecule has 2 fully saturated rings. The van der Waals surface area contributed by atoms with Crippen molar-refractivity contribution in [3.63, 3.8) is 0 Å². The van der Waals surface area contributed by atoms with Crippen molar-refractivity contribution in [2.24, 2.45) is 0 Å². The van der Waals surface area contributed by atoms with Crippen molar-refractivity contribution in [2.75, 3.05) is 55.7 Å². The molecule has 1 aromatic heterocycles. The molecular weight excluding hydrogens is 456 g/mol. The number of ether oxygens (including phenoxy) is 1. The predicted octanol–water partition coefficient (Wildman–Crippen LogP) is 3.32. The Morgan fingerprint density at radius 1 is 0.971 bits per heavy atom. The molecule has 7 nitrogen and oxygen atoms in total. The van der Waals surface area contributed by atoms with Gasteiger partial charge in [-0.1, -0.05) is 0 Å². The van der Waals surface area contributed by atoms with Gasteiger partial charge in [-0.3, -0.25) is 9.59 Å². The lowest BCUT2D eigenvalue weighted by atomic mass is 10.0. The predicted molar refractivity (Wildman–Crippen MR) is 127 cm³/mol. The van der Waals surface area contributed by atoms with Crippen molar-refractivity contribution in [1.29, 1.82) is 0 Å². The third-order valence-electron chi connectivity index (χ3n) is 7.08. The fourth-order valence-electron chi connectivity index (χ4n) is 5.06. The zero-order valence-electron chi connectivity index (χ0n) is 19.2. The molecule has 0 atom stereocenters. The van der Waals surface area contributed by atoms with Gasteiger partial charge in [0.05, 0.1) is 18.6 Å². The summed E-state index contributed by atoms with van der Waals surface area (Å²) in [7, 11) is 0. The molecule has 0 saturated carbocycles. The van der Waals surface area contributed by atoms with Crippen molar-refractivity contribution < 1.29 is 22.7 Å². The first-order valence-corrected chi connectivity index (χ1v) is 11.9. The molecule has 0 bridgehead atoms.